The molecule has 3 atom stereocenters. The number of imidazole rings is 1. The van der Waals surface area contributed by atoms with Crippen LogP contribution in [0.3, 0.4) is 0 Å². The van der Waals surface area contributed by atoms with E-state index in [1.807, 2.05) is 0 Å². The van der Waals surface area contributed by atoms with Gasteiger partial charge in [-0.1, -0.05) is 0 Å². The number of aromatic nitrogens is 4. The minimum absolute atomic E-state index is 0.128. The van der Waals surface area contributed by atoms with Crippen LogP contribution >= 0.6 is 0 Å². The second-order valence-electron chi connectivity index (χ2n) is 4.22. The quantitative estimate of drug-likeness (QED) is 0.629. The molecule has 0 unspecified atom stereocenters. The number of fused-ring (bicyclic) bond motifs is 1. The summed E-state index contributed by atoms with van der Waals surface area (Å²) in [6, 6.07) is 0. The highest BCUT2D eigenvalue weighted by molar-refractivity contribution is 5.81. The van der Waals surface area contributed by atoms with E-state index < -0.39 is 12.3 Å². The molecular formula is C10H13N5O3. The summed E-state index contributed by atoms with van der Waals surface area (Å²) in [5, 5.41) is 19.0. The Morgan fingerprint density at radius 1 is 1.44 bits per heavy atom. The van der Waals surface area contributed by atoms with E-state index in [2.05, 4.69) is 15.0 Å². The van der Waals surface area contributed by atoms with Crippen molar-refractivity contribution in [3.8, 4) is 0 Å². The summed E-state index contributed by atoms with van der Waals surface area (Å²) in [5.41, 5.74) is 6.66. The zero-order chi connectivity index (χ0) is 12.7. The summed E-state index contributed by atoms with van der Waals surface area (Å²) in [6.45, 7) is -0.128. The monoisotopic (exact) mass is 251 g/mol. The lowest BCUT2D eigenvalue weighted by Crippen LogP contribution is -2.19. The van der Waals surface area contributed by atoms with E-state index in [0.29, 0.717) is 17.6 Å². The number of hydrogen-bond acceptors (Lipinski definition) is 7. The molecule has 3 rings (SSSR count). The lowest BCUT2D eigenvalue weighted by Gasteiger charge is -2.16. The Hall–Kier alpha value is -1.77. The van der Waals surface area contributed by atoms with Crippen LogP contribution < -0.4 is 5.73 Å². The van der Waals surface area contributed by atoms with Crippen LogP contribution in [0.1, 0.15) is 12.6 Å². The van der Waals surface area contributed by atoms with Gasteiger partial charge in [0.05, 0.1) is 19.0 Å². The SMILES string of the molecule is Nc1ncnc2c1ncn2[C@@H]1O[C@H](CO)C[C@@H]1O. The maximum absolute atomic E-state index is 9.93. The second kappa shape index (κ2) is 4.16. The van der Waals surface area contributed by atoms with Crippen LogP contribution in [0.5, 0.6) is 0 Å². The zero-order valence-corrected chi connectivity index (χ0v) is 9.47. The van der Waals surface area contributed by atoms with Gasteiger partial charge in [-0.05, 0) is 0 Å². The number of nitrogens with zero attached hydrogens (tertiary/aromatic N) is 4. The maximum Gasteiger partial charge on any atom is 0.167 e. The molecule has 0 spiro atoms. The molecule has 0 amide bonds. The van der Waals surface area contributed by atoms with E-state index >= 15 is 0 Å². The molecular weight excluding hydrogens is 238 g/mol. The number of aliphatic hydroxyl groups excluding tert-OH is 2. The summed E-state index contributed by atoms with van der Waals surface area (Å²) in [5.74, 6) is 0.282. The highest BCUT2D eigenvalue weighted by atomic mass is 16.5. The van der Waals surface area contributed by atoms with E-state index in [0.717, 1.165) is 0 Å². The number of nitrogen functional groups attached to an aromatic ring is 1. The van der Waals surface area contributed by atoms with Crippen molar-refractivity contribution in [3.05, 3.63) is 12.7 Å². The van der Waals surface area contributed by atoms with Crippen LogP contribution in [0.2, 0.25) is 0 Å². The van der Waals surface area contributed by atoms with Gasteiger partial charge in [0.2, 0.25) is 0 Å². The number of rotatable bonds is 2. The van der Waals surface area contributed by atoms with Gasteiger partial charge in [0, 0.05) is 6.42 Å². The van der Waals surface area contributed by atoms with Crippen molar-refractivity contribution in [3.63, 3.8) is 0 Å². The topological polar surface area (TPSA) is 119 Å². The van der Waals surface area contributed by atoms with Crippen molar-refractivity contribution in [2.45, 2.75) is 24.9 Å². The number of anilines is 1. The van der Waals surface area contributed by atoms with Crippen molar-refractivity contribution in [1.82, 2.24) is 19.5 Å². The Morgan fingerprint density at radius 3 is 3.00 bits per heavy atom. The predicted octanol–water partition coefficient (Wildman–Crippen LogP) is -0.951. The van der Waals surface area contributed by atoms with E-state index in [1.165, 1.54) is 12.7 Å². The van der Waals surface area contributed by atoms with Gasteiger partial charge in [-0.2, -0.15) is 0 Å². The summed E-state index contributed by atoms with van der Waals surface area (Å²) in [6.07, 6.45) is 1.52. The molecule has 0 radical (unpaired) electrons. The highest BCUT2D eigenvalue weighted by Gasteiger charge is 2.35. The first-order valence-electron chi connectivity index (χ1n) is 5.58. The van der Waals surface area contributed by atoms with Gasteiger partial charge in [0.15, 0.2) is 17.7 Å². The van der Waals surface area contributed by atoms with E-state index in [4.69, 9.17) is 15.6 Å². The molecule has 96 valence electrons. The Labute approximate surface area is 102 Å². The van der Waals surface area contributed by atoms with E-state index in [-0.39, 0.29) is 18.5 Å². The molecule has 2 aromatic heterocycles. The summed E-state index contributed by atoms with van der Waals surface area (Å²) in [7, 11) is 0. The van der Waals surface area contributed by atoms with Crippen LogP contribution in [0.4, 0.5) is 5.82 Å². The van der Waals surface area contributed by atoms with Crippen LogP contribution in [-0.4, -0.2) is 48.5 Å². The smallest absolute Gasteiger partial charge is 0.167 e. The van der Waals surface area contributed by atoms with Crippen LogP contribution in [-0.2, 0) is 4.74 Å². The van der Waals surface area contributed by atoms with E-state index in [1.54, 1.807) is 4.57 Å². The average molecular weight is 251 g/mol. The molecule has 8 nitrogen and oxygen atoms in total. The fourth-order valence-corrected chi connectivity index (χ4v) is 2.15. The molecule has 4 N–H and O–H groups in total. The largest absolute Gasteiger partial charge is 0.394 e. The summed E-state index contributed by atoms with van der Waals surface area (Å²) in [4.78, 5) is 12.0. The van der Waals surface area contributed by atoms with Gasteiger partial charge >= 0.3 is 0 Å². The van der Waals surface area contributed by atoms with Crippen molar-refractivity contribution in [2.24, 2.45) is 0 Å². The van der Waals surface area contributed by atoms with Gasteiger partial charge in [-0.25, -0.2) is 15.0 Å². The number of hydrogen-bond donors (Lipinski definition) is 3. The molecule has 1 fully saturated rings. The van der Waals surface area contributed by atoms with Crippen LogP contribution in [0, 0.1) is 0 Å². The first kappa shape index (κ1) is 11.3. The normalized spacial score (nSPS) is 28.0. The molecule has 1 saturated heterocycles. The Morgan fingerprint density at radius 2 is 2.28 bits per heavy atom. The molecule has 1 aliphatic rings. The first-order chi connectivity index (χ1) is 8.70. The second-order valence-corrected chi connectivity index (χ2v) is 4.22. The molecule has 0 aliphatic carbocycles. The fraction of sp³-hybridized carbons (Fsp3) is 0.500. The molecule has 8 heteroatoms. The molecule has 18 heavy (non-hydrogen) atoms. The number of aliphatic hydroxyl groups is 2. The molecule has 0 saturated carbocycles. The third-order valence-corrected chi connectivity index (χ3v) is 3.03. The lowest BCUT2D eigenvalue weighted by atomic mass is 10.2. The van der Waals surface area contributed by atoms with Crippen LogP contribution in [0.15, 0.2) is 12.7 Å². The third kappa shape index (κ3) is 1.62. The molecule has 2 aromatic rings. The summed E-state index contributed by atoms with van der Waals surface area (Å²) >= 11 is 0. The Bertz CT molecular complexity index is 572. The number of ether oxygens (including phenoxy) is 1. The predicted molar refractivity (Wildman–Crippen MR) is 61.4 cm³/mol. The van der Waals surface area contributed by atoms with E-state index in [9.17, 15) is 5.11 Å². The third-order valence-electron chi connectivity index (χ3n) is 3.03. The maximum atomic E-state index is 9.93. The van der Waals surface area contributed by atoms with Gasteiger partial charge in [-0.3, -0.25) is 4.57 Å². The van der Waals surface area contributed by atoms with Crippen LogP contribution in [0.25, 0.3) is 11.2 Å². The zero-order valence-electron chi connectivity index (χ0n) is 9.47. The lowest BCUT2D eigenvalue weighted by molar-refractivity contribution is -0.0486. The molecule has 1 aliphatic heterocycles. The van der Waals surface area contributed by atoms with Crippen molar-refractivity contribution < 1.29 is 14.9 Å². The minimum atomic E-state index is -0.712. The average Bonchev–Trinajstić information content (AvgIpc) is 2.93. The number of nitrogens with two attached hydrogens (primary N) is 1. The van der Waals surface area contributed by atoms with Crippen molar-refractivity contribution in [2.75, 3.05) is 12.3 Å². The van der Waals surface area contributed by atoms with Gasteiger partial charge in [0.25, 0.3) is 0 Å². The standard InChI is InChI=1S/C10H13N5O3/c11-8-7-9(13-3-12-8)15(4-14-7)10-6(17)1-5(2-16)18-10/h3-6,10,16-17H,1-2H2,(H2,11,12,13)/t5-,6-,10+/m0/s1. The molecule has 0 aromatic carbocycles. The van der Waals surface area contributed by atoms with Gasteiger partial charge < -0.3 is 20.7 Å². The van der Waals surface area contributed by atoms with Gasteiger partial charge in [-0.15, -0.1) is 0 Å². The highest BCUT2D eigenvalue weighted by Crippen LogP contribution is 2.31. The van der Waals surface area contributed by atoms with Gasteiger partial charge in [0.1, 0.15) is 17.9 Å². The molecule has 0 bridgehead atoms. The minimum Gasteiger partial charge on any atom is -0.394 e. The van der Waals surface area contributed by atoms with Crippen molar-refractivity contribution in [1.29, 1.82) is 0 Å². The Kier molecular flexibility index (Phi) is 2.62. The van der Waals surface area contributed by atoms with Crippen molar-refractivity contribution >= 4 is 17.0 Å². The molecule has 3 heterocycles. The summed E-state index contributed by atoms with van der Waals surface area (Å²) < 4.78 is 7.14. The fourth-order valence-electron chi connectivity index (χ4n) is 2.15. The Balaban J connectivity index is 2.02. The first-order valence-corrected chi connectivity index (χ1v) is 5.58.